The van der Waals surface area contributed by atoms with Gasteiger partial charge in [0, 0.05) is 16.2 Å². The molecular weight excluding hydrogens is 234 g/mol. The minimum atomic E-state index is -0.725. The van der Waals surface area contributed by atoms with Gasteiger partial charge in [-0.25, -0.2) is 4.98 Å². The van der Waals surface area contributed by atoms with E-state index in [4.69, 9.17) is 10.1 Å². The molecule has 1 saturated carbocycles. The van der Waals surface area contributed by atoms with Gasteiger partial charge in [0.1, 0.15) is 0 Å². The number of rotatable bonds is 4. The van der Waals surface area contributed by atoms with Crippen LogP contribution in [0.3, 0.4) is 0 Å². The molecule has 1 aromatic rings. The highest BCUT2D eigenvalue weighted by atomic mass is 32.1. The van der Waals surface area contributed by atoms with Crippen LogP contribution in [0.15, 0.2) is 0 Å². The summed E-state index contributed by atoms with van der Waals surface area (Å²) in [5, 5.41) is 9.91. The fraction of sp³-hybridized carbons (Fsp3) is 0.692. The molecule has 17 heavy (non-hydrogen) atoms. The maximum Gasteiger partial charge on any atom is 0.303 e. The lowest BCUT2D eigenvalue weighted by Crippen LogP contribution is -2.10. The van der Waals surface area contributed by atoms with Crippen molar-refractivity contribution in [2.24, 2.45) is 0 Å². The molecule has 1 fully saturated rings. The number of carbonyl (C=O) groups is 1. The number of carboxylic acid groups (broad SMARTS) is 1. The Labute approximate surface area is 106 Å². The molecule has 0 radical (unpaired) electrons. The number of carboxylic acids is 1. The number of aryl methyl sites for hydroxylation is 1. The van der Waals surface area contributed by atoms with Gasteiger partial charge in [-0.05, 0) is 19.3 Å². The van der Waals surface area contributed by atoms with Gasteiger partial charge in [0.15, 0.2) is 0 Å². The fourth-order valence-corrected chi connectivity index (χ4v) is 2.96. The second kappa shape index (κ2) is 4.41. The molecule has 0 aliphatic heterocycles. The summed E-state index contributed by atoms with van der Waals surface area (Å²) in [6.45, 7) is 6.47. The van der Waals surface area contributed by atoms with Gasteiger partial charge >= 0.3 is 5.97 Å². The van der Waals surface area contributed by atoms with Gasteiger partial charge in [-0.2, -0.15) is 0 Å². The van der Waals surface area contributed by atoms with Gasteiger partial charge in [-0.3, -0.25) is 4.79 Å². The summed E-state index contributed by atoms with van der Waals surface area (Å²) in [7, 11) is 0. The van der Waals surface area contributed by atoms with Crippen molar-refractivity contribution in [3.8, 4) is 0 Å². The van der Waals surface area contributed by atoms with Gasteiger partial charge in [0.2, 0.25) is 0 Å². The molecular formula is C13H19NO2S. The van der Waals surface area contributed by atoms with Crippen molar-refractivity contribution in [2.75, 3.05) is 0 Å². The Morgan fingerprint density at radius 1 is 1.47 bits per heavy atom. The van der Waals surface area contributed by atoms with E-state index >= 15 is 0 Å². The van der Waals surface area contributed by atoms with Gasteiger partial charge < -0.3 is 5.11 Å². The van der Waals surface area contributed by atoms with Crippen LogP contribution in [0, 0.1) is 0 Å². The highest BCUT2D eigenvalue weighted by Crippen LogP contribution is 2.44. The van der Waals surface area contributed by atoms with Crippen LogP contribution in [0.2, 0.25) is 0 Å². The summed E-state index contributed by atoms with van der Waals surface area (Å²) >= 11 is 1.70. The number of aromatic nitrogens is 1. The van der Waals surface area contributed by atoms with Crippen molar-refractivity contribution in [3.05, 3.63) is 15.6 Å². The van der Waals surface area contributed by atoms with E-state index in [1.165, 1.54) is 23.4 Å². The molecule has 0 spiro atoms. The van der Waals surface area contributed by atoms with Crippen LogP contribution in [0.25, 0.3) is 0 Å². The molecule has 1 N–H and O–H groups in total. The molecule has 0 aromatic carbocycles. The standard InChI is InChI=1S/C13H19NO2S/c1-13(2,3)12-14-11(8-4-5-8)9(17-12)6-7-10(15)16/h8H,4-7H2,1-3H3,(H,15,16). The lowest BCUT2D eigenvalue weighted by atomic mass is 9.98. The Kier molecular flexibility index (Phi) is 3.25. The van der Waals surface area contributed by atoms with Crippen molar-refractivity contribution in [1.82, 2.24) is 4.98 Å². The quantitative estimate of drug-likeness (QED) is 0.895. The third kappa shape index (κ3) is 3.06. The maximum absolute atomic E-state index is 10.7. The molecule has 0 bridgehead atoms. The molecule has 1 heterocycles. The first-order valence-electron chi connectivity index (χ1n) is 6.10. The Bertz CT molecular complexity index is 427. The van der Waals surface area contributed by atoms with Gasteiger partial charge in [0.25, 0.3) is 0 Å². The minimum absolute atomic E-state index is 0.0653. The molecule has 94 valence electrons. The SMILES string of the molecule is CC(C)(C)c1nc(C2CC2)c(CCC(=O)O)s1. The van der Waals surface area contributed by atoms with Crippen LogP contribution in [-0.4, -0.2) is 16.1 Å². The largest absolute Gasteiger partial charge is 0.481 e. The zero-order valence-corrected chi connectivity index (χ0v) is 11.4. The molecule has 0 saturated heterocycles. The monoisotopic (exact) mass is 253 g/mol. The number of nitrogens with zero attached hydrogens (tertiary/aromatic N) is 1. The first-order chi connectivity index (χ1) is 7.88. The summed E-state index contributed by atoms with van der Waals surface area (Å²) in [5.41, 5.74) is 1.25. The first-order valence-corrected chi connectivity index (χ1v) is 6.91. The maximum atomic E-state index is 10.7. The van der Waals surface area contributed by atoms with Crippen LogP contribution < -0.4 is 0 Å². The van der Waals surface area contributed by atoms with E-state index in [-0.39, 0.29) is 11.8 Å². The van der Waals surface area contributed by atoms with Crippen LogP contribution in [-0.2, 0) is 16.6 Å². The van der Waals surface area contributed by atoms with E-state index in [2.05, 4.69) is 20.8 Å². The van der Waals surface area contributed by atoms with Crippen LogP contribution in [0.5, 0.6) is 0 Å². The lowest BCUT2D eigenvalue weighted by molar-refractivity contribution is -0.136. The van der Waals surface area contributed by atoms with E-state index in [0.29, 0.717) is 12.3 Å². The highest BCUT2D eigenvalue weighted by Gasteiger charge is 2.31. The van der Waals surface area contributed by atoms with Crippen molar-refractivity contribution in [3.63, 3.8) is 0 Å². The van der Waals surface area contributed by atoms with E-state index < -0.39 is 5.97 Å². The van der Waals surface area contributed by atoms with E-state index in [9.17, 15) is 4.79 Å². The van der Waals surface area contributed by atoms with Crippen LogP contribution >= 0.6 is 11.3 Å². The average Bonchev–Trinajstić information content (AvgIpc) is 2.93. The normalized spacial score (nSPS) is 16.2. The van der Waals surface area contributed by atoms with E-state index in [0.717, 1.165) is 5.01 Å². The molecule has 1 aromatic heterocycles. The fourth-order valence-electron chi connectivity index (χ4n) is 1.76. The molecule has 0 atom stereocenters. The summed E-state index contributed by atoms with van der Waals surface area (Å²) in [4.78, 5) is 16.6. The lowest BCUT2D eigenvalue weighted by Gasteiger charge is -2.13. The summed E-state index contributed by atoms with van der Waals surface area (Å²) in [5.74, 6) is -0.122. The third-order valence-electron chi connectivity index (χ3n) is 2.90. The topological polar surface area (TPSA) is 50.2 Å². The van der Waals surface area contributed by atoms with Gasteiger partial charge in [-0.15, -0.1) is 11.3 Å². The minimum Gasteiger partial charge on any atom is -0.481 e. The Hall–Kier alpha value is -0.900. The van der Waals surface area contributed by atoms with Crippen molar-refractivity contribution in [1.29, 1.82) is 0 Å². The molecule has 4 heteroatoms. The zero-order valence-electron chi connectivity index (χ0n) is 10.6. The van der Waals surface area contributed by atoms with Crippen molar-refractivity contribution >= 4 is 17.3 Å². The molecule has 1 aliphatic rings. The van der Waals surface area contributed by atoms with Gasteiger partial charge in [-0.1, -0.05) is 20.8 Å². The predicted molar refractivity (Wildman–Crippen MR) is 68.7 cm³/mol. The molecule has 3 nitrogen and oxygen atoms in total. The number of thiazole rings is 1. The van der Waals surface area contributed by atoms with Crippen molar-refractivity contribution < 1.29 is 9.90 Å². The highest BCUT2D eigenvalue weighted by molar-refractivity contribution is 7.11. The number of hydrogen-bond acceptors (Lipinski definition) is 3. The first kappa shape index (κ1) is 12.6. The molecule has 0 amide bonds. The molecule has 1 aliphatic carbocycles. The van der Waals surface area contributed by atoms with Crippen molar-refractivity contribution in [2.45, 2.75) is 57.8 Å². The zero-order chi connectivity index (χ0) is 12.6. The summed E-state index contributed by atoms with van der Waals surface area (Å²) in [6.07, 6.45) is 3.28. The summed E-state index contributed by atoms with van der Waals surface area (Å²) < 4.78 is 0. The summed E-state index contributed by atoms with van der Waals surface area (Å²) in [6, 6.07) is 0. The predicted octanol–water partition coefficient (Wildman–Crippen LogP) is 3.34. The van der Waals surface area contributed by atoms with Crippen LogP contribution in [0.4, 0.5) is 0 Å². The second-order valence-corrected chi connectivity index (χ2v) is 6.83. The number of hydrogen-bond donors (Lipinski definition) is 1. The average molecular weight is 253 g/mol. The second-order valence-electron chi connectivity index (χ2n) is 5.75. The van der Waals surface area contributed by atoms with Crippen LogP contribution in [0.1, 0.15) is 61.5 Å². The van der Waals surface area contributed by atoms with Gasteiger partial charge in [0.05, 0.1) is 17.1 Å². The van der Waals surface area contributed by atoms with E-state index in [1.54, 1.807) is 11.3 Å². The Morgan fingerprint density at radius 3 is 2.59 bits per heavy atom. The van der Waals surface area contributed by atoms with E-state index in [1.807, 2.05) is 0 Å². The Balaban J connectivity index is 2.22. The number of aliphatic carboxylic acids is 1. The third-order valence-corrected chi connectivity index (χ3v) is 4.46. The molecule has 0 unspecified atom stereocenters. The molecule has 2 rings (SSSR count). The smallest absolute Gasteiger partial charge is 0.303 e. The Morgan fingerprint density at radius 2 is 2.12 bits per heavy atom.